The molecule has 0 aromatic rings. The lowest BCUT2D eigenvalue weighted by molar-refractivity contribution is -0.143. The summed E-state index contributed by atoms with van der Waals surface area (Å²) in [6, 6.07) is 0.523. The van der Waals surface area contributed by atoms with Crippen LogP contribution >= 0.6 is 0 Å². The van der Waals surface area contributed by atoms with Gasteiger partial charge in [-0.05, 0) is 62.2 Å². The fourth-order valence-electron chi connectivity index (χ4n) is 5.12. The molecule has 5 nitrogen and oxygen atoms in total. The minimum Gasteiger partial charge on any atom is -0.379 e. The lowest BCUT2D eigenvalue weighted by Crippen LogP contribution is -2.48. The number of nitrogens with zero attached hydrogens (tertiary/aromatic N) is 2. The van der Waals surface area contributed by atoms with Crippen molar-refractivity contribution in [3.63, 3.8) is 0 Å². The quantitative estimate of drug-likeness (QED) is 0.411. The molecule has 0 spiro atoms. The third kappa shape index (κ3) is 8.53. The standard InChI is InChI=1S/C29H54N2O3/c1-26(2,3)17-18-31(22-12-13-22)25(33)28(7,8)15-16-29(9)14-11-19-34-21-23(20-29)30(10)24(32)27(4,5)6/h22-23H,11-21H2,1-10H3/t23-,29?/m0/s1. The van der Waals surface area contributed by atoms with Gasteiger partial charge in [-0.3, -0.25) is 9.59 Å². The average Bonchev–Trinajstić information content (AvgIpc) is 3.52. The molecule has 2 aliphatic rings. The summed E-state index contributed by atoms with van der Waals surface area (Å²) in [5, 5.41) is 0. The lowest BCUT2D eigenvalue weighted by Gasteiger charge is -2.42. The van der Waals surface area contributed by atoms with Crippen molar-refractivity contribution in [1.82, 2.24) is 9.80 Å². The van der Waals surface area contributed by atoms with Gasteiger partial charge in [0.25, 0.3) is 0 Å². The Kier molecular flexibility index (Phi) is 9.33. The van der Waals surface area contributed by atoms with Gasteiger partial charge in [0.1, 0.15) is 0 Å². The fraction of sp³-hybridized carbons (Fsp3) is 0.931. The maximum atomic E-state index is 13.7. The van der Waals surface area contributed by atoms with Crippen LogP contribution in [0, 0.1) is 21.7 Å². The Morgan fingerprint density at radius 3 is 2.09 bits per heavy atom. The van der Waals surface area contributed by atoms with Crippen LogP contribution in [-0.4, -0.2) is 60.5 Å². The van der Waals surface area contributed by atoms with Crippen LogP contribution in [0.2, 0.25) is 0 Å². The molecular formula is C29H54N2O3. The van der Waals surface area contributed by atoms with E-state index in [-0.39, 0.29) is 28.2 Å². The first-order valence-corrected chi connectivity index (χ1v) is 13.6. The molecule has 1 aliphatic carbocycles. The van der Waals surface area contributed by atoms with Crippen molar-refractivity contribution in [3.8, 4) is 0 Å². The summed E-state index contributed by atoms with van der Waals surface area (Å²) in [6.45, 7) is 21.6. The largest absolute Gasteiger partial charge is 0.379 e. The Bertz CT molecular complexity index is 699. The van der Waals surface area contributed by atoms with Gasteiger partial charge < -0.3 is 14.5 Å². The van der Waals surface area contributed by atoms with Crippen molar-refractivity contribution < 1.29 is 14.3 Å². The van der Waals surface area contributed by atoms with Gasteiger partial charge in [-0.2, -0.15) is 0 Å². The average molecular weight is 479 g/mol. The molecule has 1 heterocycles. The molecule has 0 N–H and O–H groups in total. The number of hydrogen-bond donors (Lipinski definition) is 0. The van der Waals surface area contributed by atoms with Gasteiger partial charge >= 0.3 is 0 Å². The van der Waals surface area contributed by atoms with Crippen LogP contribution in [0.5, 0.6) is 0 Å². The highest BCUT2D eigenvalue weighted by atomic mass is 16.5. The van der Waals surface area contributed by atoms with Crippen LogP contribution in [0.15, 0.2) is 0 Å². The smallest absolute Gasteiger partial charge is 0.228 e. The molecule has 0 aromatic heterocycles. The van der Waals surface area contributed by atoms with E-state index in [2.05, 4.69) is 46.4 Å². The first kappa shape index (κ1) is 29.1. The van der Waals surface area contributed by atoms with E-state index in [1.165, 1.54) is 0 Å². The number of amides is 2. The number of ether oxygens (including phenoxy) is 1. The molecule has 1 unspecified atom stereocenters. The molecule has 34 heavy (non-hydrogen) atoms. The van der Waals surface area contributed by atoms with Gasteiger partial charge in [-0.15, -0.1) is 0 Å². The summed E-state index contributed by atoms with van der Waals surface area (Å²) in [7, 11) is 1.93. The molecule has 2 rings (SSSR count). The molecule has 1 saturated carbocycles. The summed E-state index contributed by atoms with van der Waals surface area (Å²) in [4.78, 5) is 30.8. The minimum atomic E-state index is -0.402. The summed E-state index contributed by atoms with van der Waals surface area (Å²) >= 11 is 0. The first-order valence-electron chi connectivity index (χ1n) is 13.6. The molecule has 5 heteroatoms. The molecule has 1 aliphatic heterocycles. The second-order valence-corrected chi connectivity index (χ2v) is 14.4. The molecule has 0 aromatic carbocycles. The molecule has 0 bridgehead atoms. The predicted octanol–water partition coefficient (Wildman–Crippen LogP) is 6.30. The fourth-order valence-corrected chi connectivity index (χ4v) is 5.12. The summed E-state index contributed by atoms with van der Waals surface area (Å²) in [6.07, 6.45) is 8.25. The van der Waals surface area contributed by atoms with E-state index in [4.69, 9.17) is 4.74 Å². The zero-order valence-corrected chi connectivity index (χ0v) is 24.1. The Morgan fingerprint density at radius 2 is 1.56 bits per heavy atom. The number of likely N-dealkylation sites (N-methyl/N-ethyl adjacent to an activating group) is 1. The van der Waals surface area contributed by atoms with Crippen molar-refractivity contribution in [3.05, 3.63) is 0 Å². The Hall–Kier alpha value is -1.10. The number of carbonyl (C=O) groups is 2. The predicted molar refractivity (Wildman–Crippen MR) is 141 cm³/mol. The Balaban J connectivity index is 2.08. The van der Waals surface area contributed by atoms with Crippen LogP contribution in [0.1, 0.15) is 114 Å². The van der Waals surface area contributed by atoms with E-state index < -0.39 is 5.41 Å². The second-order valence-electron chi connectivity index (χ2n) is 14.4. The molecule has 2 atom stereocenters. The van der Waals surface area contributed by atoms with Crippen LogP contribution in [0.4, 0.5) is 0 Å². The minimum absolute atomic E-state index is 0.0746. The third-order valence-electron chi connectivity index (χ3n) is 7.90. The van der Waals surface area contributed by atoms with Gasteiger partial charge in [0.15, 0.2) is 0 Å². The maximum absolute atomic E-state index is 13.7. The van der Waals surface area contributed by atoms with Gasteiger partial charge in [0.2, 0.25) is 11.8 Å². The van der Waals surface area contributed by atoms with Crippen LogP contribution in [-0.2, 0) is 14.3 Å². The second kappa shape index (κ2) is 10.9. The van der Waals surface area contributed by atoms with Crippen molar-refractivity contribution >= 4 is 11.8 Å². The van der Waals surface area contributed by atoms with Crippen molar-refractivity contribution in [2.45, 2.75) is 126 Å². The molecule has 2 fully saturated rings. The van der Waals surface area contributed by atoms with E-state index in [0.29, 0.717) is 18.6 Å². The molecule has 1 saturated heterocycles. The number of carbonyl (C=O) groups excluding carboxylic acids is 2. The molecular weight excluding hydrogens is 424 g/mol. The van der Waals surface area contributed by atoms with E-state index in [9.17, 15) is 9.59 Å². The topological polar surface area (TPSA) is 49.9 Å². The van der Waals surface area contributed by atoms with E-state index in [1.54, 1.807) is 0 Å². The zero-order valence-electron chi connectivity index (χ0n) is 24.1. The first-order chi connectivity index (χ1) is 15.5. The molecule has 0 radical (unpaired) electrons. The Labute approximate surface area is 210 Å². The molecule has 198 valence electrons. The maximum Gasteiger partial charge on any atom is 0.228 e. The highest BCUT2D eigenvalue weighted by Gasteiger charge is 2.42. The van der Waals surface area contributed by atoms with Crippen molar-refractivity contribution in [1.29, 1.82) is 0 Å². The summed E-state index contributed by atoms with van der Waals surface area (Å²) < 4.78 is 5.91. The van der Waals surface area contributed by atoms with Gasteiger partial charge in [-0.25, -0.2) is 0 Å². The number of rotatable bonds is 8. The summed E-state index contributed by atoms with van der Waals surface area (Å²) in [5.74, 6) is 0.493. The van der Waals surface area contributed by atoms with Gasteiger partial charge in [0.05, 0.1) is 12.6 Å². The van der Waals surface area contributed by atoms with Gasteiger partial charge in [0, 0.05) is 37.1 Å². The van der Waals surface area contributed by atoms with E-state index in [1.807, 2.05) is 32.7 Å². The van der Waals surface area contributed by atoms with Gasteiger partial charge in [-0.1, -0.05) is 62.3 Å². The van der Waals surface area contributed by atoms with Crippen molar-refractivity contribution in [2.75, 3.05) is 26.8 Å². The van der Waals surface area contributed by atoms with Crippen molar-refractivity contribution in [2.24, 2.45) is 21.7 Å². The van der Waals surface area contributed by atoms with Crippen LogP contribution in [0.25, 0.3) is 0 Å². The van der Waals surface area contributed by atoms with Crippen LogP contribution in [0.3, 0.4) is 0 Å². The Morgan fingerprint density at radius 1 is 0.941 bits per heavy atom. The van der Waals surface area contributed by atoms with E-state index in [0.717, 1.165) is 64.5 Å². The molecule has 2 amide bonds. The highest BCUT2D eigenvalue weighted by molar-refractivity contribution is 5.82. The SMILES string of the molecule is CN(C(=O)C(C)(C)C)[C@@H]1COCCCC(C)(CCC(C)(C)C(=O)N(CCC(C)(C)C)C2CC2)C1. The lowest BCUT2D eigenvalue weighted by atomic mass is 9.71. The third-order valence-corrected chi connectivity index (χ3v) is 7.90. The normalized spacial score (nSPS) is 24.8. The zero-order chi connectivity index (χ0) is 25.9. The monoisotopic (exact) mass is 478 g/mol. The number of hydrogen-bond acceptors (Lipinski definition) is 3. The highest BCUT2D eigenvalue weighted by Crippen LogP contribution is 2.42. The van der Waals surface area contributed by atoms with Crippen LogP contribution < -0.4 is 0 Å². The summed E-state index contributed by atoms with van der Waals surface area (Å²) in [5.41, 5.74) is -0.446. The van der Waals surface area contributed by atoms with E-state index >= 15 is 0 Å².